The second-order valence-electron chi connectivity index (χ2n) is 3.32. The molecule has 5 nitrogen and oxygen atoms in total. The van der Waals surface area contributed by atoms with Crippen molar-refractivity contribution in [2.75, 3.05) is 12.3 Å². The largest absolute Gasteiger partial charge is 0.387 e. The van der Waals surface area contributed by atoms with Gasteiger partial charge in [0.2, 0.25) is 0 Å². The number of hydrogen-bond donors (Lipinski definition) is 3. The number of aromatic amines is 1. The number of hydrogen-bond acceptors (Lipinski definition) is 4. The minimum Gasteiger partial charge on any atom is -0.387 e. The molecular formula is C11H12N4O. The van der Waals surface area contributed by atoms with E-state index in [1.807, 2.05) is 24.4 Å². The number of nitrogens with zero attached hydrogens (tertiary/aromatic N) is 1. The maximum atomic E-state index is 11.4. The van der Waals surface area contributed by atoms with Gasteiger partial charge in [0.1, 0.15) is 5.82 Å². The lowest BCUT2D eigenvalue weighted by Crippen LogP contribution is -2.13. The van der Waals surface area contributed by atoms with Gasteiger partial charge in [-0.3, -0.25) is 4.79 Å². The zero-order chi connectivity index (χ0) is 11.4. The molecule has 0 fully saturated rings. The minimum atomic E-state index is -0.239. The van der Waals surface area contributed by atoms with Crippen molar-refractivity contribution in [3.63, 3.8) is 0 Å². The SMILES string of the molecule is Nc1nc[nH]c(=O)c1/C=C/C1=CNCC=C1. The van der Waals surface area contributed by atoms with Crippen LogP contribution in [0.25, 0.3) is 6.08 Å². The molecular weight excluding hydrogens is 204 g/mol. The number of allylic oxidation sites excluding steroid dienone is 3. The quantitative estimate of drug-likeness (QED) is 0.668. The molecule has 82 valence electrons. The Morgan fingerprint density at radius 3 is 3.00 bits per heavy atom. The molecule has 0 bridgehead atoms. The van der Waals surface area contributed by atoms with Gasteiger partial charge in [0.15, 0.2) is 0 Å². The highest BCUT2D eigenvalue weighted by molar-refractivity contribution is 5.62. The van der Waals surface area contributed by atoms with E-state index in [9.17, 15) is 4.79 Å². The van der Waals surface area contributed by atoms with Gasteiger partial charge in [-0.2, -0.15) is 0 Å². The van der Waals surface area contributed by atoms with Gasteiger partial charge in [0, 0.05) is 12.7 Å². The van der Waals surface area contributed by atoms with Crippen molar-refractivity contribution in [3.8, 4) is 0 Å². The summed E-state index contributed by atoms with van der Waals surface area (Å²) in [6, 6.07) is 0. The van der Waals surface area contributed by atoms with Crippen molar-refractivity contribution in [2.45, 2.75) is 0 Å². The minimum absolute atomic E-state index is 0.230. The second kappa shape index (κ2) is 4.48. The predicted molar refractivity (Wildman–Crippen MR) is 63.5 cm³/mol. The summed E-state index contributed by atoms with van der Waals surface area (Å²) in [7, 11) is 0. The molecule has 1 aromatic heterocycles. The lowest BCUT2D eigenvalue weighted by molar-refractivity contribution is 0.962. The zero-order valence-corrected chi connectivity index (χ0v) is 8.60. The maximum absolute atomic E-state index is 11.4. The van der Waals surface area contributed by atoms with Crippen molar-refractivity contribution < 1.29 is 0 Å². The Morgan fingerprint density at radius 1 is 1.44 bits per heavy atom. The van der Waals surface area contributed by atoms with Gasteiger partial charge >= 0.3 is 0 Å². The van der Waals surface area contributed by atoms with Crippen LogP contribution in [0.1, 0.15) is 5.56 Å². The fourth-order valence-electron chi connectivity index (χ4n) is 1.36. The summed E-state index contributed by atoms with van der Waals surface area (Å²) in [6.07, 6.45) is 10.6. The van der Waals surface area contributed by atoms with Crippen LogP contribution in [0.15, 0.2) is 41.1 Å². The molecule has 2 heterocycles. The van der Waals surface area contributed by atoms with Crippen molar-refractivity contribution in [1.82, 2.24) is 15.3 Å². The van der Waals surface area contributed by atoms with E-state index in [-0.39, 0.29) is 11.4 Å². The Bertz CT molecular complexity index is 525. The van der Waals surface area contributed by atoms with Crippen LogP contribution in [-0.2, 0) is 0 Å². The summed E-state index contributed by atoms with van der Waals surface area (Å²) in [5.74, 6) is 0.230. The Morgan fingerprint density at radius 2 is 2.31 bits per heavy atom. The summed E-state index contributed by atoms with van der Waals surface area (Å²) in [6.45, 7) is 0.826. The molecule has 4 N–H and O–H groups in total. The van der Waals surface area contributed by atoms with Crippen LogP contribution in [-0.4, -0.2) is 16.5 Å². The van der Waals surface area contributed by atoms with Crippen molar-refractivity contribution in [1.29, 1.82) is 0 Å². The van der Waals surface area contributed by atoms with Gasteiger partial charge in [0.05, 0.1) is 11.9 Å². The van der Waals surface area contributed by atoms with Crippen LogP contribution in [0.3, 0.4) is 0 Å². The molecule has 0 amide bonds. The third-order valence-electron chi connectivity index (χ3n) is 2.18. The highest BCUT2D eigenvalue weighted by Gasteiger charge is 2.01. The summed E-state index contributed by atoms with van der Waals surface area (Å²) >= 11 is 0. The van der Waals surface area contributed by atoms with E-state index in [4.69, 9.17) is 5.73 Å². The summed E-state index contributed by atoms with van der Waals surface area (Å²) < 4.78 is 0. The fraction of sp³-hybridized carbons (Fsp3) is 0.0909. The first kappa shape index (κ1) is 10.2. The molecule has 0 saturated heterocycles. The van der Waals surface area contributed by atoms with Crippen LogP contribution in [0, 0.1) is 0 Å². The van der Waals surface area contributed by atoms with Gasteiger partial charge in [0.25, 0.3) is 5.56 Å². The van der Waals surface area contributed by atoms with Crippen molar-refractivity contribution in [3.05, 3.63) is 52.2 Å². The molecule has 2 rings (SSSR count). The molecule has 0 aromatic carbocycles. The van der Waals surface area contributed by atoms with Gasteiger partial charge in [-0.1, -0.05) is 18.2 Å². The number of dihydropyridines is 1. The monoisotopic (exact) mass is 216 g/mol. The second-order valence-corrected chi connectivity index (χ2v) is 3.32. The molecule has 5 heteroatoms. The average molecular weight is 216 g/mol. The molecule has 0 spiro atoms. The number of aromatic nitrogens is 2. The van der Waals surface area contributed by atoms with Crippen LogP contribution < -0.4 is 16.6 Å². The lowest BCUT2D eigenvalue weighted by atomic mass is 10.1. The van der Waals surface area contributed by atoms with Gasteiger partial charge in [-0.15, -0.1) is 0 Å². The maximum Gasteiger partial charge on any atom is 0.260 e. The smallest absolute Gasteiger partial charge is 0.260 e. The third kappa shape index (κ3) is 2.20. The molecule has 16 heavy (non-hydrogen) atoms. The molecule has 1 aliphatic rings. The van der Waals surface area contributed by atoms with E-state index in [1.54, 1.807) is 6.08 Å². The van der Waals surface area contributed by atoms with Crippen molar-refractivity contribution >= 4 is 11.9 Å². The highest BCUT2D eigenvalue weighted by Crippen LogP contribution is 2.07. The van der Waals surface area contributed by atoms with E-state index in [1.165, 1.54) is 6.33 Å². The number of nitrogen functional groups attached to an aromatic ring is 1. The Hall–Kier alpha value is -2.30. The molecule has 0 saturated carbocycles. The standard InChI is InChI=1S/C11H12N4O/c12-10-9(11(16)15-7-14-10)4-3-8-2-1-5-13-6-8/h1-4,6-7,13H,5H2,(H3,12,14,15,16)/b4-3+. The Labute approximate surface area is 92.4 Å². The molecule has 0 unspecified atom stereocenters. The van der Waals surface area contributed by atoms with Crippen LogP contribution in [0.5, 0.6) is 0 Å². The molecule has 0 radical (unpaired) electrons. The molecule has 1 aromatic rings. The van der Waals surface area contributed by atoms with E-state index < -0.39 is 0 Å². The third-order valence-corrected chi connectivity index (χ3v) is 2.18. The van der Waals surface area contributed by atoms with Crippen LogP contribution >= 0.6 is 0 Å². The normalized spacial score (nSPS) is 14.9. The summed E-state index contributed by atoms with van der Waals surface area (Å²) in [5, 5.41) is 3.07. The molecule has 0 atom stereocenters. The van der Waals surface area contributed by atoms with Crippen LogP contribution in [0.4, 0.5) is 5.82 Å². The van der Waals surface area contributed by atoms with E-state index >= 15 is 0 Å². The van der Waals surface area contributed by atoms with Gasteiger partial charge in [-0.05, 0) is 11.6 Å². The summed E-state index contributed by atoms with van der Waals surface area (Å²) in [5.41, 5.74) is 6.72. The number of H-pyrrole nitrogens is 1. The first-order valence-electron chi connectivity index (χ1n) is 4.89. The predicted octanol–water partition coefficient (Wildman–Crippen LogP) is 0.409. The Balaban J connectivity index is 2.27. The van der Waals surface area contributed by atoms with E-state index in [0.29, 0.717) is 5.56 Å². The van der Waals surface area contributed by atoms with Crippen LogP contribution in [0.2, 0.25) is 0 Å². The van der Waals surface area contributed by atoms with E-state index in [0.717, 1.165) is 12.1 Å². The topological polar surface area (TPSA) is 83.8 Å². The molecule has 1 aliphatic heterocycles. The number of anilines is 1. The summed E-state index contributed by atoms with van der Waals surface area (Å²) in [4.78, 5) is 17.7. The van der Waals surface area contributed by atoms with Gasteiger partial charge < -0.3 is 16.0 Å². The average Bonchev–Trinajstić information content (AvgIpc) is 2.30. The van der Waals surface area contributed by atoms with Crippen molar-refractivity contribution in [2.24, 2.45) is 0 Å². The first-order chi connectivity index (χ1) is 7.77. The number of nitrogens with two attached hydrogens (primary N) is 1. The zero-order valence-electron chi connectivity index (χ0n) is 8.60. The molecule has 0 aliphatic carbocycles. The lowest BCUT2D eigenvalue weighted by Gasteiger charge is -2.03. The van der Waals surface area contributed by atoms with E-state index in [2.05, 4.69) is 15.3 Å². The first-order valence-corrected chi connectivity index (χ1v) is 4.89. The number of rotatable bonds is 2. The fourth-order valence-corrected chi connectivity index (χ4v) is 1.36. The Kier molecular flexibility index (Phi) is 2.86. The number of nitrogens with one attached hydrogen (secondary N) is 2. The van der Waals surface area contributed by atoms with Gasteiger partial charge in [-0.25, -0.2) is 4.98 Å². The highest BCUT2D eigenvalue weighted by atomic mass is 16.1.